The zero-order chi connectivity index (χ0) is 9.66. The molecule has 0 spiro atoms. The Morgan fingerprint density at radius 3 is 1.07 bits per heavy atom. The van der Waals surface area contributed by atoms with Gasteiger partial charge in [-0.25, -0.2) is 0 Å². The molecule has 0 aliphatic carbocycles. The summed E-state index contributed by atoms with van der Waals surface area (Å²) >= 11 is 0. The number of hydrogen-bond acceptors (Lipinski definition) is 0. The minimum Gasteiger partial charge on any atom is -0.332 e. The molecule has 0 aromatic rings. The van der Waals surface area contributed by atoms with Gasteiger partial charge in [-0.3, -0.25) is 0 Å². The van der Waals surface area contributed by atoms with Crippen LogP contribution in [0.5, 0.6) is 0 Å². The fraction of sp³-hybridized carbons (Fsp3) is 0.500. The zero-order valence-electron chi connectivity index (χ0n) is 8.85. The zero-order valence-corrected chi connectivity index (χ0v) is 10.7. The maximum absolute atomic E-state index is 3.55. The maximum atomic E-state index is 3.55. The molecule has 2 heteroatoms. The van der Waals surface area contributed by atoms with Crippen molar-refractivity contribution in [3.05, 3.63) is 13.8 Å². The third kappa shape index (κ3) is 39.9. The van der Waals surface area contributed by atoms with Gasteiger partial charge in [0.2, 0.25) is 0 Å². The van der Waals surface area contributed by atoms with Gasteiger partial charge >= 0.3 is 34.1 Å². The van der Waals surface area contributed by atoms with E-state index >= 15 is 0 Å². The summed E-state index contributed by atoms with van der Waals surface area (Å²) in [6, 6.07) is 0. The van der Waals surface area contributed by atoms with E-state index in [4.69, 9.17) is 0 Å². The van der Waals surface area contributed by atoms with Crippen molar-refractivity contribution in [3.63, 3.8) is 0 Å². The standard InChI is InChI=1S/2C6H9.2Cu/c2*1-3-5-6-4-2;;/h2*1,3-4H2,2H3;;/q2*-1;2*+1. The van der Waals surface area contributed by atoms with Gasteiger partial charge in [0.15, 0.2) is 0 Å². The van der Waals surface area contributed by atoms with Gasteiger partial charge in [0.1, 0.15) is 0 Å². The van der Waals surface area contributed by atoms with E-state index < -0.39 is 0 Å². The molecule has 0 aliphatic rings. The van der Waals surface area contributed by atoms with Crippen molar-refractivity contribution in [1.82, 2.24) is 0 Å². The summed E-state index contributed by atoms with van der Waals surface area (Å²) in [5, 5.41) is 0. The molecule has 0 aromatic carbocycles. The van der Waals surface area contributed by atoms with Crippen molar-refractivity contribution in [3.8, 4) is 23.7 Å². The van der Waals surface area contributed by atoms with Crippen molar-refractivity contribution in [2.45, 2.75) is 39.5 Å². The van der Waals surface area contributed by atoms with Gasteiger partial charge in [-0.15, -0.1) is 36.5 Å². The molecule has 0 radical (unpaired) electrons. The molecular formula is C12H18Cu2. The molecule has 0 saturated heterocycles. The molecule has 14 heavy (non-hydrogen) atoms. The van der Waals surface area contributed by atoms with Gasteiger partial charge in [-0.2, -0.15) is 0 Å². The fourth-order valence-corrected chi connectivity index (χ4v) is 0.427. The van der Waals surface area contributed by atoms with Gasteiger partial charge < -0.3 is 13.8 Å². The van der Waals surface area contributed by atoms with Gasteiger partial charge in [-0.05, 0) is 0 Å². The van der Waals surface area contributed by atoms with Crippen LogP contribution >= 0.6 is 0 Å². The third-order valence-electron chi connectivity index (χ3n) is 0.854. The van der Waals surface area contributed by atoms with Crippen LogP contribution in [0.15, 0.2) is 0 Å². The third-order valence-corrected chi connectivity index (χ3v) is 0.854. The van der Waals surface area contributed by atoms with Crippen molar-refractivity contribution < 1.29 is 34.1 Å². The van der Waals surface area contributed by atoms with E-state index in [0.717, 1.165) is 25.7 Å². The molecule has 0 saturated carbocycles. The van der Waals surface area contributed by atoms with Crippen molar-refractivity contribution in [2.24, 2.45) is 0 Å². The fourth-order valence-electron chi connectivity index (χ4n) is 0.427. The number of hydrogen-bond donors (Lipinski definition) is 0. The SMILES string of the molecule is [CH2-]CC#CCC.[CH2-]CC#CCC.[Cu+].[Cu+]. The first kappa shape index (κ1) is 23.8. The summed E-state index contributed by atoms with van der Waals surface area (Å²) in [4.78, 5) is 0. The second-order valence-corrected chi connectivity index (χ2v) is 1.91. The van der Waals surface area contributed by atoms with Crippen LogP contribution in [0.25, 0.3) is 0 Å². The molecule has 0 nitrogen and oxygen atoms in total. The second kappa shape index (κ2) is 29.2. The molecule has 0 heterocycles. The average molecular weight is 289 g/mol. The van der Waals surface area contributed by atoms with Crippen molar-refractivity contribution in [2.75, 3.05) is 0 Å². The molecule has 0 N–H and O–H groups in total. The summed E-state index contributed by atoms with van der Waals surface area (Å²) in [7, 11) is 0. The quantitative estimate of drug-likeness (QED) is 0.365. The Bertz CT molecular complexity index is 138. The predicted molar refractivity (Wildman–Crippen MR) is 56.1 cm³/mol. The Morgan fingerprint density at radius 1 is 0.714 bits per heavy atom. The first-order chi connectivity index (χ1) is 5.83. The van der Waals surface area contributed by atoms with Crippen LogP contribution in [0.3, 0.4) is 0 Å². The van der Waals surface area contributed by atoms with Gasteiger partial charge in [0.05, 0.1) is 0 Å². The summed E-state index contributed by atoms with van der Waals surface area (Å²) in [5.74, 6) is 11.4. The van der Waals surface area contributed by atoms with Crippen molar-refractivity contribution in [1.29, 1.82) is 0 Å². The molecule has 0 fully saturated rings. The Morgan fingerprint density at radius 2 is 1.00 bits per heavy atom. The molecule has 88 valence electrons. The van der Waals surface area contributed by atoms with E-state index in [0.29, 0.717) is 0 Å². The molecule has 0 aliphatic heterocycles. The molecule has 0 atom stereocenters. The van der Waals surface area contributed by atoms with Crippen LogP contribution < -0.4 is 0 Å². The summed E-state index contributed by atoms with van der Waals surface area (Å²) < 4.78 is 0. The number of rotatable bonds is 0. The molecule has 0 bridgehead atoms. The van der Waals surface area contributed by atoms with Crippen LogP contribution in [0.1, 0.15) is 39.5 Å². The van der Waals surface area contributed by atoms with E-state index in [1.165, 1.54) is 0 Å². The van der Waals surface area contributed by atoms with Gasteiger partial charge in [0, 0.05) is 12.8 Å². The van der Waals surface area contributed by atoms with Crippen LogP contribution in [-0.4, -0.2) is 0 Å². The largest absolute Gasteiger partial charge is 1.00 e. The van der Waals surface area contributed by atoms with Crippen LogP contribution in [0, 0.1) is 37.5 Å². The summed E-state index contributed by atoms with van der Waals surface area (Å²) in [5.41, 5.74) is 0. The monoisotopic (exact) mass is 288 g/mol. The van der Waals surface area contributed by atoms with E-state index in [-0.39, 0.29) is 34.1 Å². The Kier molecular flexibility index (Phi) is 49.6. The first-order valence-corrected chi connectivity index (χ1v) is 4.33. The smallest absolute Gasteiger partial charge is 0.332 e. The van der Waals surface area contributed by atoms with E-state index in [2.05, 4.69) is 37.5 Å². The van der Waals surface area contributed by atoms with Gasteiger partial charge in [-0.1, -0.05) is 13.8 Å². The van der Waals surface area contributed by atoms with Gasteiger partial charge in [0.25, 0.3) is 0 Å². The molecule has 0 amide bonds. The van der Waals surface area contributed by atoms with E-state index in [1.807, 2.05) is 13.8 Å². The van der Waals surface area contributed by atoms with Crippen LogP contribution in [-0.2, 0) is 34.1 Å². The minimum atomic E-state index is 0. The second-order valence-electron chi connectivity index (χ2n) is 1.91. The van der Waals surface area contributed by atoms with E-state index in [1.54, 1.807) is 0 Å². The molecular weight excluding hydrogens is 271 g/mol. The average Bonchev–Trinajstić information content (AvgIpc) is 2.12. The first-order valence-electron chi connectivity index (χ1n) is 4.33. The predicted octanol–water partition coefficient (Wildman–Crippen LogP) is 3.24. The summed E-state index contributed by atoms with van der Waals surface area (Å²) in [6.45, 7) is 11.2. The Balaban J connectivity index is -0.0000000625. The molecule has 0 aromatic heterocycles. The molecule has 0 rings (SSSR count). The minimum absolute atomic E-state index is 0. The topological polar surface area (TPSA) is 0 Å². The summed E-state index contributed by atoms with van der Waals surface area (Å²) in [6.07, 6.45) is 3.40. The van der Waals surface area contributed by atoms with Crippen LogP contribution in [0.2, 0.25) is 0 Å². The van der Waals surface area contributed by atoms with Crippen molar-refractivity contribution >= 4 is 0 Å². The normalized spacial score (nSPS) is 5.43. The Hall–Kier alpha value is 0.159. The molecule has 0 unspecified atom stereocenters. The Labute approximate surface area is 111 Å². The maximum Gasteiger partial charge on any atom is 1.00 e. The van der Waals surface area contributed by atoms with Crippen LogP contribution in [0.4, 0.5) is 0 Å². The van der Waals surface area contributed by atoms with E-state index in [9.17, 15) is 0 Å².